The summed E-state index contributed by atoms with van der Waals surface area (Å²) in [6, 6.07) is 9.34. The van der Waals surface area contributed by atoms with Crippen molar-refractivity contribution in [1.29, 1.82) is 0 Å². The van der Waals surface area contributed by atoms with Crippen LogP contribution < -0.4 is 5.32 Å². The fourth-order valence-corrected chi connectivity index (χ4v) is 3.53. The molecule has 3 rings (SSSR count). The van der Waals surface area contributed by atoms with Crippen molar-refractivity contribution in [2.75, 3.05) is 13.2 Å². The van der Waals surface area contributed by atoms with Crippen LogP contribution >= 0.6 is 0 Å². The lowest BCUT2D eigenvalue weighted by Crippen LogP contribution is -2.47. The molecule has 1 fully saturated rings. The van der Waals surface area contributed by atoms with E-state index >= 15 is 0 Å². The van der Waals surface area contributed by atoms with E-state index in [0.29, 0.717) is 12.0 Å². The summed E-state index contributed by atoms with van der Waals surface area (Å²) in [6.07, 6.45) is 4.92. The van der Waals surface area contributed by atoms with Gasteiger partial charge in [-0.15, -0.1) is 0 Å². The first-order chi connectivity index (χ1) is 9.19. The van der Waals surface area contributed by atoms with Gasteiger partial charge in [-0.05, 0) is 56.6 Å². The van der Waals surface area contributed by atoms with E-state index in [9.17, 15) is 0 Å². The highest BCUT2D eigenvalue weighted by atomic mass is 16.5. The Bertz CT molecular complexity index is 437. The van der Waals surface area contributed by atoms with Gasteiger partial charge in [0.15, 0.2) is 0 Å². The smallest absolute Gasteiger partial charge is 0.0804 e. The van der Waals surface area contributed by atoms with Crippen LogP contribution in [-0.2, 0) is 11.2 Å². The second kappa shape index (κ2) is 5.26. The molecule has 3 unspecified atom stereocenters. The van der Waals surface area contributed by atoms with Crippen molar-refractivity contribution in [1.82, 2.24) is 5.32 Å². The molecule has 1 aliphatic heterocycles. The minimum absolute atomic E-state index is 0.0398. The van der Waals surface area contributed by atoms with E-state index in [1.807, 2.05) is 0 Å². The molecule has 0 bridgehead atoms. The lowest BCUT2D eigenvalue weighted by atomic mass is 9.93. The third kappa shape index (κ3) is 2.56. The predicted molar refractivity (Wildman–Crippen MR) is 78.6 cm³/mol. The number of aryl methyl sites for hydroxylation is 1. The average molecular weight is 259 g/mol. The molecule has 0 amide bonds. The summed E-state index contributed by atoms with van der Waals surface area (Å²) in [5, 5.41) is 3.72. The predicted octanol–water partition coefficient (Wildman–Crippen LogP) is 3.26. The van der Waals surface area contributed by atoms with Gasteiger partial charge in [0, 0.05) is 19.2 Å². The molecule has 1 N–H and O–H groups in total. The van der Waals surface area contributed by atoms with Gasteiger partial charge in [0.1, 0.15) is 0 Å². The van der Waals surface area contributed by atoms with E-state index in [2.05, 4.69) is 43.4 Å². The Morgan fingerprint density at radius 1 is 1.42 bits per heavy atom. The van der Waals surface area contributed by atoms with Crippen LogP contribution in [0.4, 0.5) is 0 Å². The van der Waals surface area contributed by atoms with Crippen LogP contribution in [0.2, 0.25) is 0 Å². The average Bonchev–Trinajstić information content (AvgIpc) is 3.03. The van der Waals surface area contributed by atoms with E-state index < -0.39 is 0 Å². The Hall–Kier alpha value is -0.860. The highest BCUT2D eigenvalue weighted by Gasteiger charge is 2.36. The number of hydrogen-bond donors (Lipinski definition) is 1. The molecule has 0 saturated carbocycles. The highest BCUT2D eigenvalue weighted by molar-refractivity contribution is 5.35. The molecule has 2 nitrogen and oxygen atoms in total. The standard InChI is InChI=1S/C17H25NO/c1-13(17(2)10-5-11-19-17)18-12-15-9-8-14-6-3-4-7-16(14)15/h3-4,6-7,13,15,18H,5,8-12H2,1-2H3. The zero-order valence-electron chi connectivity index (χ0n) is 12.1. The molecule has 1 saturated heterocycles. The van der Waals surface area contributed by atoms with Gasteiger partial charge >= 0.3 is 0 Å². The fraction of sp³-hybridized carbons (Fsp3) is 0.647. The van der Waals surface area contributed by atoms with Crippen molar-refractivity contribution in [3.8, 4) is 0 Å². The lowest BCUT2D eigenvalue weighted by molar-refractivity contribution is -0.00676. The number of hydrogen-bond acceptors (Lipinski definition) is 2. The quantitative estimate of drug-likeness (QED) is 0.896. The maximum Gasteiger partial charge on any atom is 0.0804 e. The van der Waals surface area contributed by atoms with Gasteiger partial charge in [-0.2, -0.15) is 0 Å². The highest BCUT2D eigenvalue weighted by Crippen LogP contribution is 2.33. The van der Waals surface area contributed by atoms with Crippen LogP contribution in [0.25, 0.3) is 0 Å². The van der Waals surface area contributed by atoms with Crippen LogP contribution in [-0.4, -0.2) is 24.8 Å². The van der Waals surface area contributed by atoms with Gasteiger partial charge in [0.05, 0.1) is 5.60 Å². The Morgan fingerprint density at radius 2 is 2.26 bits per heavy atom. The maximum absolute atomic E-state index is 5.92. The van der Waals surface area contributed by atoms with Gasteiger partial charge in [0.2, 0.25) is 0 Å². The Balaban J connectivity index is 1.59. The third-order valence-electron chi connectivity index (χ3n) is 5.09. The summed E-state index contributed by atoms with van der Waals surface area (Å²) in [5.41, 5.74) is 3.14. The molecule has 2 aliphatic rings. The normalized spacial score (nSPS) is 31.4. The van der Waals surface area contributed by atoms with Crippen molar-refractivity contribution in [3.05, 3.63) is 35.4 Å². The number of benzene rings is 1. The maximum atomic E-state index is 5.92. The van der Waals surface area contributed by atoms with Gasteiger partial charge in [0.25, 0.3) is 0 Å². The SMILES string of the molecule is CC(NCC1CCc2ccccc21)C1(C)CCCO1. The van der Waals surface area contributed by atoms with Crippen molar-refractivity contribution in [2.24, 2.45) is 0 Å². The topological polar surface area (TPSA) is 21.3 Å². The van der Waals surface area contributed by atoms with Gasteiger partial charge < -0.3 is 10.1 Å². The van der Waals surface area contributed by atoms with Crippen LogP contribution in [0, 0.1) is 0 Å². The minimum Gasteiger partial charge on any atom is -0.374 e. The van der Waals surface area contributed by atoms with Crippen LogP contribution in [0.3, 0.4) is 0 Å². The molecular weight excluding hydrogens is 234 g/mol. The second-order valence-electron chi connectivity index (χ2n) is 6.33. The zero-order valence-corrected chi connectivity index (χ0v) is 12.1. The Morgan fingerprint density at radius 3 is 3.05 bits per heavy atom. The molecular formula is C17H25NO. The number of fused-ring (bicyclic) bond motifs is 1. The molecule has 3 atom stereocenters. The zero-order chi connectivity index (χ0) is 13.3. The van der Waals surface area contributed by atoms with Crippen molar-refractivity contribution in [3.63, 3.8) is 0 Å². The molecule has 1 aromatic rings. The Kier molecular flexibility index (Phi) is 3.64. The number of nitrogens with one attached hydrogen (secondary N) is 1. The summed E-state index contributed by atoms with van der Waals surface area (Å²) in [4.78, 5) is 0. The van der Waals surface area contributed by atoms with E-state index in [0.717, 1.165) is 13.2 Å². The monoisotopic (exact) mass is 259 g/mol. The molecule has 0 radical (unpaired) electrons. The molecule has 104 valence electrons. The molecule has 0 aromatic heterocycles. The van der Waals surface area contributed by atoms with Crippen molar-refractivity contribution >= 4 is 0 Å². The second-order valence-corrected chi connectivity index (χ2v) is 6.33. The Labute approximate surface area is 116 Å². The summed E-state index contributed by atoms with van der Waals surface area (Å²) in [6.45, 7) is 6.53. The van der Waals surface area contributed by atoms with Crippen molar-refractivity contribution < 1.29 is 4.74 Å². The van der Waals surface area contributed by atoms with Crippen molar-refractivity contribution in [2.45, 2.75) is 57.1 Å². The van der Waals surface area contributed by atoms with E-state index in [-0.39, 0.29) is 5.60 Å². The van der Waals surface area contributed by atoms with Gasteiger partial charge in [-0.1, -0.05) is 24.3 Å². The molecule has 0 spiro atoms. The summed E-state index contributed by atoms with van der Waals surface area (Å²) in [7, 11) is 0. The van der Waals surface area contributed by atoms with Gasteiger partial charge in [-0.3, -0.25) is 0 Å². The molecule has 1 aromatic carbocycles. The van der Waals surface area contributed by atoms with Crippen LogP contribution in [0.1, 0.15) is 50.2 Å². The first kappa shape index (κ1) is 13.1. The largest absolute Gasteiger partial charge is 0.374 e. The minimum atomic E-state index is 0.0398. The summed E-state index contributed by atoms with van der Waals surface area (Å²) >= 11 is 0. The summed E-state index contributed by atoms with van der Waals surface area (Å²) in [5.74, 6) is 0.684. The van der Waals surface area contributed by atoms with Crippen LogP contribution in [0.15, 0.2) is 24.3 Å². The third-order valence-corrected chi connectivity index (χ3v) is 5.09. The molecule has 1 aliphatic carbocycles. The first-order valence-corrected chi connectivity index (χ1v) is 7.64. The molecule has 2 heteroatoms. The first-order valence-electron chi connectivity index (χ1n) is 7.64. The van der Waals surface area contributed by atoms with E-state index in [1.54, 1.807) is 11.1 Å². The lowest BCUT2D eigenvalue weighted by Gasteiger charge is -2.32. The summed E-state index contributed by atoms with van der Waals surface area (Å²) < 4.78 is 5.92. The van der Waals surface area contributed by atoms with Crippen LogP contribution in [0.5, 0.6) is 0 Å². The van der Waals surface area contributed by atoms with E-state index in [4.69, 9.17) is 4.74 Å². The number of ether oxygens (including phenoxy) is 1. The molecule has 1 heterocycles. The fourth-order valence-electron chi connectivity index (χ4n) is 3.53. The van der Waals surface area contributed by atoms with Gasteiger partial charge in [-0.25, -0.2) is 0 Å². The van der Waals surface area contributed by atoms with E-state index in [1.165, 1.54) is 25.7 Å². The number of rotatable bonds is 4. The molecule has 19 heavy (non-hydrogen) atoms.